The monoisotopic (exact) mass is 280 g/mol. The third-order valence-corrected chi connectivity index (χ3v) is 3.63. The molecule has 1 unspecified atom stereocenters. The molecular weight excluding hydrogens is 261 g/mol. The summed E-state index contributed by atoms with van der Waals surface area (Å²) in [5.74, 6) is -0.828. The van der Waals surface area contributed by atoms with E-state index >= 15 is 0 Å². The number of carbonyl (C=O) groups is 2. The van der Waals surface area contributed by atoms with Crippen molar-refractivity contribution in [3.05, 3.63) is 0 Å². The van der Waals surface area contributed by atoms with Crippen molar-refractivity contribution in [1.82, 2.24) is 10.2 Å². The van der Waals surface area contributed by atoms with E-state index in [1.165, 1.54) is 6.92 Å². The summed E-state index contributed by atoms with van der Waals surface area (Å²) in [6.45, 7) is 4.48. The third kappa shape index (κ3) is 3.39. The minimum atomic E-state index is -4.35. The Hall–Kier alpha value is -1.27. The van der Waals surface area contributed by atoms with E-state index in [0.717, 1.165) is 4.90 Å². The maximum absolute atomic E-state index is 12.4. The molecule has 1 saturated heterocycles. The van der Waals surface area contributed by atoms with Crippen molar-refractivity contribution in [2.24, 2.45) is 0 Å². The molecule has 1 N–H and O–H groups in total. The quantitative estimate of drug-likeness (QED) is 0.854. The molecule has 110 valence electrons. The molecule has 0 aliphatic carbocycles. The highest BCUT2D eigenvalue weighted by molar-refractivity contribution is 5.98. The fraction of sp³-hybridized carbons (Fsp3) is 0.833. The van der Waals surface area contributed by atoms with Crippen LogP contribution in [0.1, 0.15) is 40.0 Å². The van der Waals surface area contributed by atoms with Crippen LogP contribution in [-0.4, -0.2) is 41.0 Å². The lowest BCUT2D eigenvalue weighted by Crippen LogP contribution is -2.67. The molecule has 1 aliphatic heterocycles. The van der Waals surface area contributed by atoms with Crippen molar-refractivity contribution >= 4 is 11.8 Å². The van der Waals surface area contributed by atoms with E-state index in [-0.39, 0.29) is 6.54 Å². The molecule has 0 bridgehead atoms. The second kappa shape index (κ2) is 5.38. The molecule has 0 aromatic rings. The summed E-state index contributed by atoms with van der Waals surface area (Å²) in [5, 5.41) is 2.62. The van der Waals surface area contributed by atoms with Crippen LogP contribution in [0.2, 0.25) is 0 Å². The summed E-state index contributed by atoms with van der Waals surface area (Å²) in [4.78, 5) is 25.0. The minimum Gasteiger partial charge on any atom is -0.340 e. The highest BCUT2D eigenvalue weighted by atomic mass is 19.4. The standard InChI is InChI=1S/C12H19F3N2O2/c1-4-11(5-2)10(19)17(7-9(18)16-11)8(3)6-12(13,14)15/h8H,4-7H2,1-3H3,(H,16,18). The maximum atomic E-state index is 12.4. The van der Waals surface area contributed by atoms with Crippen molar-refractivity contribution in [1.29, 1.82) is 0 Å². The molecule has 0 aromatic heterocycles. The average Bonchev–Trinajstić information content (AvgIpc) is 2.29. The van der Waals surface area contributed by atoms with Gasteiger partial charge in [0.15, 0.2) is 0 Å². The number of carbonyl (C=O) groups excluding carboxylic acids is 2. The minimum absolute atomic E-state index is 0.308. The fourth-order valence-electron chi connectivity index (χ4n) is 2.39. The van der Waals surface area contributed by atoms with E-state index in [9.17, 15) is 22.8 Å². The highest BCUT2D eigenvalue weighted by Gasteiger charge is 2.46. The second-order valence-corrected chi connectivity index (χ2v) is 4.94. The zero-order valence-corrected chi connectivity index (χ0v) is 11.3. The summed E-state index contributed by atoms with van der Waals surface area (Å²) in [5.41, 5.74) is -1.06. The molecule has 1 rings (SSSR count). The number of nitrogens with zero attached hydrogens (tertiary/aromatic N) is 1. The highest BCUT2D eigenvalue weighted by Crippen LogP contribution is 2.28. The van der Waals surface area contributed by atoms with E-state index in [1.807, 2.05) is 0 Å². The van der Waals surface area contributed by atoms with E-state index in [4.69, 9.17) is 0 Å². The molecule has 0 radical (unpaired) electrons. The van der Waals surface area contributed by atoms with Gasteiger partial charge in [0.2, 0.25) is 11.8 Å². The Bertz CT molecular complexity index is 364. The van der Waals surface area contributed by atoms with Gasteiger partial charge in [-0.25, -0.2) is 0 Å². The summed E-state index contributed by atoms with van der Waals surface area (Å²) in [7, 11) is 0. The number of hydrogen-bond acceptors (Lipinski definition) is 2. The molecule has 1 aliphatic rings. The summed E-state index contributed by atoms with van der Waals surface area (Å²) in [6.07, 6.45) is -4.73. The number of hydrogen-bond donors (Lipinski definition) is 1. The molecule has 4 nitrogen and oxygen atoms in total. The topological polar surface area (TPSA) is 49.4 Å². The number of piperazine rings is 1. The number of halogens is 3. The number of nitrogens with one attached hydrogen (secondary N) is 1. The van der Waals surface area contributed by atoms with Crippen LogP contribution in [0.5, 0.6) is 0 Å². The summed E-state index contributed by atoms with van der Waals surface area (Å²) >= 11 is 0. The van der Waals surface area contributed by atoms with Gasteiger partial charge in [-0.1, -0.05) is 13.8 Å². The first-order valence-corrected chi connectivity index (χ1v) is 6.34. The van der Waals surface area contributed by atoms with Gasteiger partial charge in [-0.15, -0.1) is 0 Å². The largest absolute Gasteiger partial charge is 0.391 e. The van der Waals surface area contributed by atoms with Gasteiger partial charge in [-0.05, 0) is 19.8 Å². The molecule has 2 amide bonds. The molecule has 19 heavy (non-hydrogen) atoms. The normalized spacial score (nSPS) is 21.3. The lowest BCUT2D eigenvalue weighted by atomic mass is 9.88. The van der Waals surface area contributed by atoms with Crippen molar-refractivity contribution in [3.63, 3.8) is 0 Å². The smallest absolute Gasteiger partial charge is 0.340 e. The first-order chi connectivity index (χ1) is 8.65. The van der Waals surface area contributed by atoms with Gasteiger partial charge in [-0.3, -0.25) is 9.59 Å². The SMILES string of the molecule is CCC1(CC)NC(=O)CN(C(C)CC(F)(F)F)C1=O. The van der Waals surface area contributed by atoms with Gasteiger partial charge in [-0.2, -0.15) is 13.2 Å². The van der Waals surface area contributed by atoms with Gasteiger partial charge >= 0.3 is 6.18 Å². The molecule has 1 heterocycles. The summed E-state index contributed by atoms with van der Waals surface area (Å²) < 4.78 is 37.2. The van der Waals surface area contributed by atoms with Gasteiger partial charge in [0, 0.05) is 6.04 Å². The van der Waals surface area contributed by atoms with Crippen LogP contribution in [-0.2, 0) is 9.59 Å². The van der Waals surface area contributed by atoms with Crippen LogP contribution in [0.25, 0.3) is 0 Å². The van der Waals surface area contributed by atoms with Crippen molar-refractivity contribution in [2.45, 2.75) is 57.8 Å². The van der Waals surface area contributed by atoms with Crippen molar-refractivity contribution in [2.75, 3.05) is 6.54 Å². The molecule has 1 fully saturated rings. The molecule has 1 atom stereocenters. The zero-order valence-electron chi connectivity index (χ0n) is 11.3. The lowest BCUT2D eigenvalue weighted by Gasteiger charge is -2.43. The van der Waals surface area contributed by atoms with Crippen molar-refractivity contribution in [3.8, 4) is 0 Å². The molecule has 7 heteroatoms. The van der Waals surface area contributed by atoms with Gasteiger partial charge in [0.05, 0.1) is 13.0 Å². The Balaban J connectivity index is 2.94. The third-order valence-electron chi connectivity index (χ3n) is 3.63. The Morgan fingerprint density at radius 3 is 2.26 bits per heavy atom. The second-order valence-electron chi connectivity index (χ2n) is 4.94. The van der Waals surface area contributed by atoms with Gasteiger partial charge in [0.25, 0.3) is 0 Å². The van der Waals surface area contributed by atoms with E-state index in [1.54, 1.807) is 13.8 Å². The Morgan fingerprint density at radius 1 is 1.32 bits per heavy atom. The molecule has 0 spiro atoms. The van der Waals surface area contributed by atoms with Crippen LogP contribution in [0, 0.1) is 0 Å². The van der Waals surface area contributed by atoms with Crippen LogP contribution >= 0.6 is 0 Å². The van der Waals surface area contributed by atoms with Crippen LogP contribution in [0.3, 0.4) is 0 Å². The predicted octanol–water partition coefficient (Wildman–Crippen LogP) is 1.84. The number of rotatable bonds is 4. The number of alkyl halides is 3. The van der Waals surface area contributed by atoms with E-state index in [0.29, 0.717) is 12.8 Å². The first kappa shape index (κ1) is 15.8. The molecular formula is C12H19F3N2O2. The molecule has 0 saturated carbocycles. The van der Waals surface area contributed by atoms with Crippen LogP contribution in [0.15, 0.2) is 0 Å². The van der Waals surface area contributed by atoms with Crippen LogP contribution in [0.4, 0.5) is 13.2 Å². The first-order valence-electron chi connectivity index (χ1n) is 6.34. The van der Waals surface area contributed by atoms with Crippen LogP contribution < -0.4 is 5.32 Å². The zero-order chi connectivity index (χ0) is 14.8. The van der Waals surface area contributed by atoms with Gasteiger partial charge in [0.1, 0.15) is 5.54 Å². The van der Waals surface area contributed by atoms with E-state index in [2.05, 4.69) is 5.32 Å². The van der Waals surface area contributed by atoms with Gasteiger partial charge < -0.3 is 10.2 Å². The Morgan fingerprint density at radius 2 is 1.84 bits per heavy atom. The summed E-state index contributed by atoms with van der Waals surface area (Å²) in [6, 6.07) is -1.03. The number of amides is 2. The Labute approximate surface area is 110 Å². The fourth-order valence-corrected chi connectivity index (χ4v) is 2.39. The Kier molecular flexibility index (Phi) is 4.47. The van der Waals surface area contributed by atoms with Crippen molar-refractivity contribution < 1.29 is 22.8 Å². The average molecular weight is 280 g/mol. The maximum Gasteiger partial charge on any atom is 0.391 e. The molecule has 0 aromatic carbocycles. The lowest BCUT2D eigenvalue weighted by molar-refractivity contribution is -0.164. The van der Waals surface area contributed by atoms with E-state index < -0.39 is 36.0 Å². The predicted molar refractivity (Wildman–Crippen MR) is 63.3 cm³/mol.